The van der Waals surface area contributed by atoms with Crippen LogP contribution in [-0.2, 0) is 13.0 Å². The molecule has 0 saturated heterocycles. The summed E-state index contributed by atoms with van der Waals surface area (Å²) in [5.74, 6) is -0.516. The number of aromatic nitrogens is 3. The summed E-state index contributed by atoms with van der Waals surface area (Å²) in [4.78, 5) is 12.3. The average Bonchev–Trinajstić information content (AvgIpc) is 2.98. The molecule has 0 fully saturated rings. The van der Waals surface area contributed by atoms with Gasteiger partial charge in [0.25, 0.3) is 5.91 Å². The van der Waals surface area contributed by atoms with Crippen molar-refractivity contribution in [3.8, 4) is 0 Å². The second kappa shape index (κ2) is 7.70. The number of rotatable bonds is 6. The van der Waals surface area contributed by atoms with Gasteiger partial charge in [-0.25, -0.2) is 9.07 Å². The van der Waals surface area contributed by atoms with Crippen LogP contribution in [0, 0.1) is 12.7 Å². The maximum Gasteiger partial charge on any atom is 0.273 e. The Hall–Kier alpha value is -3.02. The summed E-state index contributed by atoms with van der Waals surface area (Å²) >= 11 is 0. The maximum absolute atomic E-state index is 12.9. The molecular formula is C19H19FN4O. The summed E-state index contributed by atoms with van der Waals surface area (Å²) in [5.41, 5.74) is 3.11. The Balaban J connectivity index is 1.58. The van der Waals surface area contributed by atoms with Crippen molar-refractivity contribution in [2.75, 3.05) is 6.54 Å². The van der Waals surface area contributed by atoms with Crippen molar-refractivity contribution in [3.05, 3.63) is 82.9 Å². The normalized spacial score (nSPS) is 10.6. The zero-order valence-corrected chi connectivity index (χ0v) is 13.9. The molecule has 3 rings (SSSR count). The first-order valence-corrected chi connectivity index (χ1v) is 8.10. The summed E-state index contributed by atoms with van der Waals surface area (Å²) in [6.07, 6.45) is 0.628. The number of hydrogen-bond donors (Lipinski definition) is 1. The van der Waals surface area contributed by atoms with E-state index in [0.717, 1.165) is 16.8 Å². The molecular weight excluding hydrogens is 319 g/mol. The van der Waals surface area contributed by atoms with Crippen molar-refractivity contribution < 1.29 is 9.18 Å². The highest BCUT2D eigenvalue weighted by molar-refractivity contribution is 5.93. The molecule has 0 radical (unpaired) electrons. The van der Waals surface area contributed by atoms with E-state index in [9.17, 15) is 9.18 Å². The lowest BCUT2D eigenvalue weighted by Crippen LogP contribution is -2.26. The second-order valence-electron chi connectivity index (χ2n) is 5.80. The first-order chi connectivity index (χ1) is 12.1. The molecule has 0 aliphatic heterocycles. The van der Waals surface area contributed by atoms with Crippen molar-refractivity contribution in [2.24, 2.45) is 0 Å². The van der Waals surface area contributed by atoms with E-state index >= 15 is 0 Å². The molecule has 6 heteroatoms. The summed E-state index contributed by atoms with van der Waals surface area (Å²) in [5, 5.41) is 10.9. The number of carbonyl (C=O) groups excluding carboxylic acids is 1. The molecule has 25 heavy (non-hydrogen) atoms. The van der Waals surface area contributed by atoms with E-state index in [1.54, 1.807) is 16.8 Å². The van der Waals surface area contributed by atoms with Gasteiger partial charge < -0.3 is 5.32 Å². The van der Waals surface area contributed by atoms with Gasteiger partial charge in [-0.05, 0) is 36.6 Å². The van der Waals surface area contributed by atoms with E-state index < -0.39 is 0 Å². The predicted octanol–water partition coefficient (Wildman–Crippen LogP) is 2.75. The lowest BCUT2D eigenvalue weighted by atomic mass is 10.1. The van der Waals surface area contributed by atoms with Crippen LogP contribution in [0.15, 0.2) is 54.6 Å². The van der Waals surface area contributed by atoms with E-state index in [2.05, 4.69) is 15.6 Å². The number of amides is 1. The minimum atomic E-state index is -0.265. The van der Waals surface area contributed by atoms with Crippen LogP contribution in [0.5, 0.6) is 0 Å². The monoisotopic (exact) mass is 338 g/mol. The summed E-state index contributed by atoms with van der Waals surface area (Å²) < 4.78 is 14.6. The highest BCUT2D eigenvalue weighted by atomic mass is 19.1. The molecule has 0 spiro atoms. The highest BCUT2D eigenvalue weighted by Crippen LogP contribution is 2.08. The first kappa shape index (κ1) is 16.8. The molecule has 1 N–H and O–H groups in total. The van der Waals surface area contributed by atoms with Crippen LogP contribution in [-0.4, -0.2) is 27.4 Å². The zero-order chi connectivity index (χ0) is 17.6. The first-order valence-electron chi connectivity index (χ1n) is 8.10. The number of hydrogen-bond acceptors (Lipinski definition) is 3. The molecule has 2 aromatic carbocycles. The fourth-order valence-electron chi connectivity index (χ4n) is 2.53. The van der Waals surface area contributed by atoms with Crippen molar-refractivity contribution >= 4 is 5.91 Å². The van der Waals surface area contributed by atoms with Crippen LogP contribution < -0.4 is 5.32 Å². The topological polar surface area (TPSA) is 59.8 Å². The Morgan fingerprint density at radius 2 is 1.80 bits per heavy atom. The van der Waals surface area contributed by atoms with Crippen LogP contribution >= 0.6 is 0 Å². The fraction of sp³-hybridized carbons (Fsp3) is 0.211. The third-order valence-electron chi connectivity index (χ3n) is 3.99. The van der Waals surface area contributed by atoms with Crippen molar-refractivity contribution in [2.45, 2.75) is 19.9 Å². The minimum absolute atomic E-state index is 0.251. The van der Waals surface area contributed by atoms with Crippen LogP contribution in [0.1, 0.15) is 27.3 Å². The predicted molar refractivity (Wildman–Crippen MR) is 92.7 cm³/mol. The lowest BCUT2D eigenvalue weighted by Gasteiger charge is -2.05. The van der Waals surface area contributed by atoms with Gasteiger partial charge in [-0.2, -0.15) is 0 Å². The van der Waals surface area contributed by atoms with Gasteiger partial charge in [0.15, 0.2) is 5.69 Å². The third kappa shape index (κ3) is 4.29. The number of benzene rings is 2. The lowest BCUT2D eigenvalue weighted by molar-refractivity contribution is 0.0948. The van der Waals surface area contributed by atoms with Gasteiger partial charge in [-0.3, -0.25) is 4.79 Å². The smallest absolute Gasteiger partial charge is 0.273 e. The molecule has 0 unspecified atom stereocenters. The van der Waals surface area contributed by atoms with Crippen molar-refractivity contribution in [3.63, 3.8) is 0 Å². The quantitative estimate of drug-likeness (QED) is 0.752. The molecule has 0 saturated carbocycles. The molecule has 5 nitrogen and oxygen atoms in total. The van der Waals surface area contributed by atoms with Gasteiger partial charge >= 0.3 is 0 Å². The summed E-state index contributed by atoms with van der Waals surface area (Å²) in [6.45, 7) is 2.86. The van der Waals surface area contributed by atoms with E-state index in [0.29, 0.717) is 25.2 Å². The Morgan fingerprint density at radius 1 is 1.08 bits per heavy atom. The van der Waals surface area contributed by atoms with Crippen LogP contribution in [0.3, 0.4) is 0 Å². The number of carbonyl (C=O) groups is 1. The Bertz CT molecular complexity index is 844. The number of nitrogens with zero attached hydrogens (tertiary/aromatic N) is 3. The van der Waals surface area contributed by atoms with E-state index in [1.165, 1.54) is 12.1 Å². The number of nitrogens with one attached hydrogen (secondary N) is 1. The van der Waals surface area contributed by atoms with Gasteiger partial charge in [0.05, 0.1) is 12.2 Å². The Morgan fingerprint density at radius 3 is 2.52 bits per heavy atom. The van der Waals surface area contributed by atoms with Gasteiger partial charge in [-0.15, -0.1) is 5.10 Å². The van der Waals surface area contributed by atoms with Gasteiger partial charge in [0.1, 0.15) is 5.82 Å². The molecule has 0 atom stereocenters. The van der Waals surface area contributed by atoms with Crippen molar-refractivity contribution in [1.29, 1.82) is 0 Å². The summed E-state index contributed by atoms with van der Waals surface area (Å²) in [7, 11) is 0. The van der Waals surface area contributed by atoms with Gasteiger partial charge in [0.2, 0.25) is 0 Å². The summed E-state index contributed by atoms with van der Waals surface area (Å²) in [6, 6.07) is 16.1. The van der Waals surface area contributed by atoms with E-state index in [-0.39, 0.29) is 11.7 Å². The second-order valence-corrected chi connectivity index (χ2v) is 5.80. The Kier molecular flexibility index (Phi) is 5.18. The Labute approximate surface area is 145 Å². The SMILES string of the molecule is Cc1c(C(=O)NCCc2ccc(F)cc2)nnn1Cc1ccccc1. The molecule has 1 heterocycles. The van der Waals surface area contributed by atoms with Crippen LogP contribution in [0.25, 0.3) is 0 Å². The molecule has 3 aromatic rings. The van der Waals surface area contributed by atoms with Gasteiger partial charge in [0, 0.05) is 6.54 Å². The van der Waals surface area contributed by atoms with Crippen molar-refractivity contribution in [1.82, 2.24) is 20.3 Å². The van der Waals surface area contributed by atoms with E-state index in [1.807, 2.05) is 37.3 Å². The molecule has 1 aromatic heterocycles. The molecule has 0 aliphatic rings. The molecule has 128 valence electrons. The minimum Gasteiger partial charge on any atom is -0.350 e. The fourth-order valence-corrected chi connectivity index (χ4v) is 2.53. The molecule has 1 amide bonds. The van der Waals surface area contributed by atoms with Crippen LogP contribution in [0.2, 0.25) is 0 Å². The number of halogens is 1. The molecule has 0 bridgehead atoms. The largest absolute Gasteiger partial charge is 0.350 e. The van der Waals surface area contributed by atoms with Crippen LogP contribution in [0.4, 0.5) is 4.39 Å². The standard InChI is InChI=1S/C19H19FN4O/c1-14-18(22-23-24(14)13-16-5-3-2-4-6-16)19(25)21-12-11-15-7-9-17(20)10-8-15/h2-10H,11-13H2,1H3,(H,21,25). The van der Waals surface area contributed by atoms with Gasteiger partial charge in [-0.1, -0.05) is 47.7 Å². The highest BCUT2D eigenvalue weighted by Gasteiger charge is 2.16. The van der Waals surface area contributed by atoms with E-state index in [4.69, 9.17) is 0 Å². The maximum atomic E-state index is 12.9. The third-order valence-corrected chi connectivity index (χ3v) is 3.99. The average molecular weight is 338 g/mol. The zero-order valence-electron chi connectivity index (χ0n) is 13.9. The molecule has 0 aliphatic carbocycles.